The van der Waals surface area contributed by atoms with Crippen molar-refractivity contribution in [1.82, 2.24) is 0 Å². The fraction of sp³-hybridized carbons (Fsp3) is 0.364. The maximum atomic E-state index is 10.8. The molecule has 0 fully saturated rings. The van der Waals surface area contributed by atoms with Crippen LogP contribution in [0.4, 0.5) is 10.5 Å². The van der Waals surface area contributed by atoms with E-state index in [4.69, 9.17) is 5.11 Å². The van der Waals surface area contributed by atoms with Crippen LogP contribution in [0.1, 0.15) is 16.7 Å². The van der Waals surface area contributed by atoms with E-state index in [0.717, 1.165) is 16.8 Å². The van der Waals surface area contributed by atoms with E-state index in [1.54, 1.807) is 7.05 Å². The van der Waals surface area contributed by atoms with Gasteiger partial charge < -0.3 is 5.11 Å². The lowest BCUT2D eigenvalue weighted by Crippen LogP contribution is -2.24. The molecule has 0 heterocycles. The second-order valence-corrected chi connectivity index (χ2v) is 3.56. The van der Waals surface area contributed by atoms with Crippen LogP contribution in [0.25, 0.3) is 0 Å². The molecule has 76 valence electrons. The smallest absolute Gasteiger partial charge is 0.411 e. The van der Waals surface area contributed by atoms with Crippen molar-refractivity contribution in [3.8, 4) is 0 Å². The molecule has 1 aromatic carbocycles. The molecule has 0 radical (unpaired) electrons. The van der Waals surface area contributed by atoms with Gasteiger partial charge in [0.25, 0.3) is 0 Å². The summed E-state index contributed by atoms with van der Waals surface area (Å²) in [6.07, 6.45) is -0.934. The molecule has 3 heteroatoms. The highest BCUT2D eigenvalue weighted by Gasteiger charge is 2.11. The molecular weight excluding hydrogens is 178 g/mol. The summed E-state index contributed by atoms with van der Waals surface area (Å²) >= 11 is 0. The number of benzene rings is 1. The molecule has 0 aliphatic carbocycles. The maximum absolute atomic E-state index is 10.8. The number of amides is 1. The van der Waals surface area contributed by atoms with Crippen LogP contribution in [0.15, 0.2) is 12.1 Å². The van der Waals surface area contributed by atoms with Crippen LogP contribution in [0.5, 0.6) is 0 Å². The number of carboxylic acid groups (broad SMARTS) is 1. The van der Waals surface area contributed by atoms with Gasteiger partial charge in [-0.3, -0.25) is 4.90 Å². The number of nitrogens with zero attached hydrogens (tertiary/aromatic N) is 1. The third kappa shape index (κ3) is 1.87. The van der Waals surface area contributed by atoms with E-state index < -0.39 is 6.09 Å². The van der Waals surface area contributed by atoms with Gasteiger partial charge in [0.15, 0.2) is 0 Å². The quantitative estimate of drug-likeness (QED) is 0.745. The Morgan fingerprint density at radius 1 is 1.14 bits per heavy atom. The van der Waals surface area contributed by atoms with Crippen LogP contribution < -0.4 is 4.90 Å². The van der Waals surface area contributed by atoms with Gasteiger partial charge in [-0.1, -0.05) is 6.07 Å². The van der Waals surface area contributed by atoms with Gasteiger partial charge in [-0.25, -0.2) is 4.79 Å². The summed E-state index contributed by atoms with van der Waals surface area (Å²) in [6, 6.07) is 3.91. The largest absolute Gasteiger partial charge is 0.465 e. The van der Waals surface area contributed by atoms with Crippen molar-refractivity contribution in [2.75, 3.05) is 11.9 Å². The standard InChI is InChI=1S/C11H15NO2/c1-7-5-9(3)10(6-8(7)2)12(4)11(13)14/h5-6H,1-4H3,(H,13,14). The predicted molar refractivity (Wildman–Crippen MR) is 57.1 cm³/mol. The average molecular weight is 193 g/mol. The average Bonchev–Trinajstić information content (AvgIpc) is 2.10. The van der Waals surface area contributed by atoms with E-state index in [2.05, 4.69) is 0 Å². The summed E-state index contributed by atoms with van der Waals surface area (Å²) < 4.78 is 0. The van der Waals surface area contributed by atoms with Gasteiger partial charge in [0.2, 0.25) is 0 Å². The van der Waals surface area contributed by atoms with Crippen molar-refractivity contribution in [2.24, 2.45) is 0 Å². The minimum atomic E-state index is -0.934. The number of aryl methyl sites for hydroxylation is 3. The van der Waals surface area contributed by atoms with E-state index in [1.807, 2.05) is 32.9 Å². The van der Waals surface area contributed by atoms with Gasteiger partial charge in [-0.2, -0.15) is 0 Å². The highest BCUT2D eigenvalue weighted by atomic mass is 16.4. The Balaban J connectivity index is 3.22. The second kappa shape index (κ2) is 3.70. The van der Waals surface area contributed by atoms with Gasteiger partial charge in [-0.05, 0) is 43.5 Å². The highest BCUT2D eigenvalue weighted by Crippen LogP contribution is 2.22. The number of hydrogen-bond donors (Lipinski definition) is 1. The molecule has 1 N–H and O–H groups in total. The Hall–Kier alpha value is -1.51. The zero-order valence-electron chi connectivity index (χ0n) is 8.96. The maximum Gasteiger partial charge on any atom is 0.411 e. The SMILES string of the molecule is Cc1cc(C)c(N(C)C(=O)O)cc1C. The van der Waals surface area contributed by atoms with E-state index in [-0.39, 0.29) is 0 Å². The molecule has 0 saturated heterocycles. The Morgan fingerprint density at radius 2 is 1.64 bits per heavy atom. The summed E-state index contributed by atoms with van der Waals surface area (Å²) in [5, 5.41) is 8.85. The zero-order chi connectivity index (χ0) is 10.9. The zero-order valence-corrected chi connectivity index (χ0v) is 8.96. The van der Waals surface area contributed by atoms with Crippen LogP contribution in [-0.2, 0) is 0 Å². The molecule has 1 rings (SSSR count). The summed E-state index contributed by atoms with van der Waals surface area (Å²) in [5.41, 5.74) is 4.03. The Morgan fingerprint density at radius 3 is 2.14 bits per heavy atom. The molecule has 1 aromatic rings. The summed E-state index contributed by atoms with van der Waals surface area (Å²) in [5.74, 6) is 0. The van der Waals surface area contributed by atoms with Gasteiger partial charge in [0.05, 0.1) is 0 Å². The second-order valence-electron chi connectivity index (χ2n) is 3.56. The molecule has 0 aliphatic rings. The fourth-order valence-corrected chi connectivity index (χ4v) is 1.41. The van der Waals surface area contributed by atoms with Crippen LogP contribution >= 0.6 is 0 Å². The first kappa shape index (κ1) is 10.6. The van der Waals surface area contributed by atoms with E-state index in [0.29, 0.717) is 0 Å². The molecule has 0 aliphatic heterocycles. The topological polar surface area (TPSA) is 40.5 Å². The summed E-state index contributed by atoms with van der Waals surface area (Å²) in [7, 11) is 1.56. The van der Waals surface area contributed by atoms with Crippen LogP contribution in [-0.4, -0.2) is 18.2 Å². The van der Waals surface area contributed by atoms with Crippen molar-refractivity contribution in [3.63, 3.8) is 0 Å². The molecule has 1 amide bonds. The van der Waals surface area contributed by atoms with Crippen LogP contribution in [0, 0.1) is 20.8 Å². The molecule has 3 nitrogen and oxygen atoms in total. The molecule has 0 spiro atoms. The van der Waals surface area contributed by atoms with E-state index in [1.165, 1.54) is 10.5 Å². The Kier molecular flexibility index (Phi) is 2.79. The molecule has 0 saturated carbocycles. The number of hydrogen-bond acceptors (Lipinski definition) is 1. The van der Waals surface area contributed by atoms with Gasteiger partial charge in [0.1, 0.15) is 0 Å². The van der Waals surface area contributed by atoms with Crippen molar-refractivity contribution < 1.29 is 9.90 Å². The third-order valence-electron chi connectivity index (χ3n) is 2.46. The molecule has 0 bridgehead atoms. The molecule has 14 heavy (non-hydrogen) atoms. The minimum absolute atomic E-state index is 0.751. The van der Waals surface area contributed by atoms with E-state index >= 15 is 0 Å². The first-order valence-corrected chi connectivity index (χ1v) is 4.48. The fourth-order valence-electron chi connectivity index (χ4n) is 1.41. The van der Waals surface area contributed by atoms with Gasteiger partial charge in [0, 0.05) is 12.7 Å². The number of rotatable bonds is 1. The lowest BCUT2D eigenvalue weighted by Gasteiger charge is -2.17. The summed E-state index contributed by atoms with van der Waals surface area (Å²) in [4.78, 5) is 12.0. The third-order valence-corrected chi connectivity index (χ3v) is 2.46. The van der Waals surface area contributed by atoms with Crippen molar-refractivity contribution in [1.29, 1.82) is 0 Å². The molecule has 0 unspecified atom stereocenters. The highest BCUT2D eigenvalue weighted by molar-refractivity contribution is 5.86. The number of carbonyl (C=O) groups is 1. The van der Waals surface area contributed by atoms with Crippen LogP contribution in [0.2, 0.25) is 0 Å². The molecule has 0 aromatic heterocycles. The summed E-state index contributed by atoms with van der Waals surface area (Å²) in [6.45, 7) is 5.92. The predicted octanol–water partition coefficient (Wildman–Crippen LogP) is 2.73. The van der Waals surface area contributed by atoms with Crippen molar-refractivity contribution >= 4 is 11.8 Å². The lowest BCUT2D eigenvalue weighted by atomic mass is 10.0. The lowest BCUT2D eigenvalue weighted by molar-refractivity contribution is 0.203. The first-order valence-electron chi connectivity index (χ1n) is 4.48. The van der Waals surface area contributed by atoms with E-state index in [9.17, 15) is 4.79 Å². The molecule has 0 atom stereocenters. The van der Waals surface area contributed by atoms with Crippen molar-refractivity contribution in [2.45, 2.75) is 20.8 Å². The van der Waals surface area contributed by atoms with Gasteiger partial charge in [-0.15, -0.1) is 0 Å². The monoisotopic (exact) mass is 193 g/mol. The van der Waals surface area contributed by atoms with Gasteiger partial charge >= 0.3 is 6.09 Å². The molecular formula is C11H15NO2. The normalized spacial score (nSPS) is 10.0. The van der Waals surface area contributed by atoms with Crippen molar-refractivity contribution in [3.05, 3.63) is 28.8 Å². The Bertz CT molecular complexity index is 372. The number of anilines is 1. The Labute approximate surface area is 84.0 Å². The first-order chi connectivity index (χ1) is 6.43. The minimum Gasteiger partial charge on any atom is -0.465 e. The van der Waals surface area contributed by atoms with Crippen LogP contribution in [0.3, 0.4) is 0 Å².